The Morgan fingerprint density at radius 1 is 1.08 bits per heavy atom. The highest BCUT2D eigenvalue weighted by molar-refractivity contribution is 7.22. The molecule has 4 aromatic rings. The lowest BCUT2D eigenvalue weighted by molar-refractivity contribution is 0.638. The van der Waals surface area contributed by atoms with Crippen molar-refractivity contribution in [1.29, 1.82) is 0 Å². The molecule has 0 radical (unpaired) electrons. The predicted molar refractivity (Wildman–Crippen MR) is 100 cm³/mol. The van der Waals surface area contributed by atoms with Gasteiger partial charge in [0.05, 0.1) is 22.6 Å². The van der Waals surface area contributed by atoms with Gasteiger partial charge in [0.15, 0.2) is 5.13 Å². The number of para-hydroxylation sites is 1. The van der Waals surface area contributed by atoms with E-state index in [9.17, 15) is 0 Å². The van der Waals surface area contributed by atoms with E-state index in [0.717, 1.165) is 16.3 Å². The lowest BCUT2D eigenvalue weighted by atomic mass is 10.1. The normalized spacial score (nSPS) is 12.4. The van der Waals surface area contributed by atoms with Gasteiger partial charge in [-0.25, -0.2) is 9.97 Å². The molecule has 0 aliphatic heterocycles. The minimum atomic E-state index is 0.273. The molecular weight excluding hydrogens is 316 g/mol. The van der Waals surface area contributed by atoms with Crippen LogP contribution in [0.1, 0.15) is 18.5 Å². The third-order valence-electron chi connectivity index (χ3n) is 4.30. The van der Waals surface area contributed by atoms with E-state index in [0.29, 0.717) is 0 Å². The Kier molecular flexibility index (Phi) is 3.78. The van der Waals surface area contributed by atoms with Crippen molar-refractivity contribution in [3.8, 4) is 0 Å². The van der Waals surface area contributed by atoms with Crippen LogP contribution in [0.15, 0.2) is 67.3 Å². The Labute approximate surface area is 145 Å². The summed E-state index contributed by atoms with van der Waals surface area (Å²) in [6.07, 6.45) is 5.66. The maximum atomic E-state index is 4.72. The number of anilines is 2. The minimum absolute atomic E-state index is 0.273. The monoisotopic (exact) mass is 334 g/mol. The topological polar surface area (TPSA) is 34.0 Å². The molecule has 1 unspecified atom stereocenters. The average molecular weight is 334 g/mol. The lowest BCUT2D eigenvalue weighted by Gasteiger charge is -2.18. The Morgan fingerprint density at radius 2 is 1.88 bits per heavy atom. The molecule has 0 aliphatic rings. The molecule has 0 saturated carbocycles. The van der Waals surface area contributed by atoms with Gasteiger partial charge >= 0.3 is 0 Å². The van der Waals surface area contributed by atoms with E-state index in [4.69, 9.17) is 4.98 Å². The zero-order valence-electron chi connectivity index (χ0n) is 13.6. The number of hydrogen-bond donors (Lipinski definition) is 0. The SMILES string of the molecule is CC(c1ccc(N(C)c2nc3ccccc3s2)cc1)n1ccnc1. The quantitative estimate of drug-likeness (QED) is 0.534. The second kappa shape index (κ2) is 6.09. The first kappa shape index (κ1) is 14.9. The highest BCUT2D eigenvalue weighted by Gasteiger charge is 2.11. The number of nitrogens with zero attached hydrogens (tertiary/aromatic N) is 4. The molecular formula is C19H18N4S. The zero-order chi connectivity index (χ0) is 16.5. The maximum absolute atomic E-state index is 4.72. The summed E-state index contributed by atoms with van der Waals surface area (Å²) in [7, 11) is 2.06. The fourth-order valence-corrected chi connectivity index (χ4v) is 3.71. The fourth-order valence-electron chi connectivity index (χ4n) is 2.76. The van der Waals surface area contributed by atoms with E-state index in [2.05, 4.69) is 70.9 Å². The molecule has 0 amide bonds. The van der Waals surface area contributed by atoms with Gasteiger partial charge in [-0.1, -0.05) is 35.6 Å². The number of hydrogen-bond acceptors (Lipinski definition) is 4. The van der Waals surface area contributed by atoms with Crippen molar-refractivity contribution in [3.05, 3.63) is 72.8 Å². The van der Waals surface area contributed by atoms with E-state index < -0.39 is 0 Å². The molecule has 1 atom stereocenters. The van der Waals surface area contributed by atoms with Gasteiger partial charge in [-0.2, -0.15) is 0 Å². The van der Waals surface area contributed by atoms with Gasteiger partial charge in [0.25, 0.3) is 0 Å². The van der Waals surface area contributed by atoms with Crippen LogP contribution in [0.2, 0.25) is 0 Å². The summed E-state index contributed by atoms with van der Waals surface area (Å²) in [5.74, 6) is 0. The predicted octanol–water partition coefficient (Wildman–Crippen LogP) is 4.87. The van der Waals surface area contributed by atoms with Crippen LogP contribution in [0.3, 0.4) is 0 Å². The summed E-state index contributed by atoms with van der Waals surface area (Å²) >= 11 is 1.71. The number of thiazole rings is 1. The Bertz CT molecular complexity index is 908. The Balaban J connectivity index is 1.60. The van der Waals surface area contributed by atoms with Crippen LogP contribution < -0.4 is 4.90 Å². The molecule has 0 spiro atoms. The van der Waals surface area contributed by atoms with Crippen LogP contribution in [0.25, 0.3) is 10.2 Å². The van der Waals surface area contributed by atoms with Crippen LogP contribution in [-0.2, 0) is 0 Å². The van der Waals surface area contributed by atoms with Crippen molar-refractivity contribution in [3.63, 3.8) is 0 Å². The second-order valence-electron chi connectivity index (χ2n) is 5.80. The molecule has 2 aromatic carbocycles. The first-order valence-electron chi connectivity index (χ1n) is 7.89. The lowest BCUT2D eigenvalue weighted by Crippen LogP contribution is -2.09. The van der Waals surface area contributed by atoms with E-state index in [1.165, 1.54) is 10.3 Å². The standard InChI is InChI=1S/C19H18N4S/c1-14(23-12-11-20-13-23)15-7-9-16(10-8-15)22(2)19-21-17-5-3-4-6-18(17)24-19/h3-14H,1-2H3. The fraction of sp³-hybridized carbons (Fsp3) is 0.158. The van der Waals surface area contributed by atoms with Crippen molar-refractivity contribution in [1.82, 2.24) is 14.5 Å². The van der Waals surface area contributed by atoms with Gasteiger partial charge in [0.2, 0.25) is 0 Å². The largest absolute Gasteiger partial charge is 0.330 e. The number of fused-ring (bicyclic) bond motifs is 1. The number of aromatic nitrogens is 3. The number of imidazole rings is 1. The maximum Gasteiger partial charge on any atom is 0.190 e. The smallest absolute Gasteiger partial charge is 0.190 e. The molecule has 0 fully saturated rings. The molecule has 120 valence electrons. The first-order valence-corrected chi connectivity index (χ1v) is 8.71. The van der Waals surface area contributed by atoms with Gasteiger partial charge in [-0.05, 0) is 36.8 Å². The molecule has 4 rings (SSSR count). The van der Waals surface area contributed by atoms with Crippen LogP contribution in [0.4, 0.5) is 10.8 Å². The summed E-state index contributed by atoms with van der Waals surface area (Å²) in [4.78, 5) is 11.0. The summed E-state index contributed by atoms with van der Waals surface area (Å²) in [5, 5.41) is 1.01. The molecule has 24 heavy (non-hydrogen) atoms. The van der Waals surface area contributed by atoms with Crippen molar-refractivity contribution in [2.75, 3.05) is 11.9 Å². The molecule has 0 N–H and O–H groups in total. The van der Waals surface area contributed by atoms with Crippen molar-refractivity contribution < 1.29 is 0 Å². The number of benzene rings is 2. The molecule has 0 bridgehead atoms. The van der Waals surface area contributed by atoms with Crippen LogP contribution >= 0.6 is 11.3 Å². The molecule has 2 aromatic heterocycles. The van der Waals surface area contributed by atoms with E-state index >= 15 is 0 Å². The molecule has 0 aliphatic carbocycles. The Morgan fingerprint density at radius 3 is 2.58 bits per heavy atom. The average Bonchev–Trinajstić information content (AvgIpc) is 3.30. The highest BCUT2D eigenvalue weighted by atomic mass is 32.1. The van der Waals surface area contributed by atoms with Gasteiger partial charge < -0.3 is 9.47 Å². The van der Waals surface area contributed by atoms with Crippen molar-refractivity contribution >= 4 is 32.4 Å². The summed E-state index contributed by atoms with van der Waals surface area (Å²) in [6, 6.07) is 17.2. The van der Waals surface area contributed by atoms with Crippen LogP contribution in [0, 0.1) is 0 Å². The second-order valence-corrected chi connectivity index (χ2v) is 6.81. The molecule has 4 nitrogen and oxygen atoms in total. The summed E-state index contributed by atoms with van der Waals surface area (Å²) in [6.45, 7) is 2.17. The minimum Gasteiger partial charge on any atom is -0.330 e. The van der Waals surface area contributed by atoms with Crippen molar-refractivity contribution in [2.45, 2.75) is 13.0 Å². The molecule has 5 heteroatoms. The Hall–Kier alpha value is -2.66. The summed E-state index contributed by atoms with van der Waals surface area (Å²) in [5.41, 5.74) is 3.44. The molecule has 2 heterocycles. The highest BCUT2D eigenvalue weighted by Crippen LogP contribution is 2.32. The van der Waals surface area contributed by atoms with Crippen molar-refractivity contribution in [2.24, 2.45) is 0 Å². The van der Waals surface area contributed by atoms with Gasteiger partial charge in [0, 0.05) is 25.1 Å². The van der Waals surface area contributed by atoms with Gasteiger partial charge in [0.1, 0.15) is 0 Å². The third-order valence-corrected chi connectivity index (χ3v) is 5.42. The third kappa shape index (κ3) is 2.67. The van der Waals surface area contributed by atoms with Gasteiger partial charge in [-0.15, -0.1) is 0 Å². The van der Waals surface area contributed by atoms with Crippen LogP contribution in [0.5, 0.6) is 0 Å². The van der Waals surface area contributed by atoms with Gasteiger partial charge in [-0.3, -0.25) is 0 Å². The van der Waals surface area contributed by atoms with E-state index in [1.807, 2.05) is 24.8 Å². The summed E-state index contributed by atoms with van der Waals surface area (Å²) < 4.78 is 3.32. The number of rotatable bonds is 4. The van der Waals surface area contributed by atoms with Crippen LogP contribution in [-0.4, -0.2) is 21.6 Å². The molecule has 0 saturated heterocycles. The zero-order valence-corrected chi connectivity index (χ0v) is 14.4. The first-order chi connectivity index (χ1) is 11.7. The van der Waals surface area contributed by atoms with E-state index in [1.54, 1.807) is 11.3 Å². The van der Waals surface area contributed by atoms with E-state index in [-0.39, 0.29) is 6.04 Å².